The number of carbonyl (C=O) groups is 1. The summed E-state index contributed by atoms with van der Waals surface area (Å²) in [6.07, 6.45) is 0.912. The monoisotopic (exact) mass is 172 g/mol. The van der Waals surface area contributed by atoms with E-state index in [1.165, 1.54) is 6.92 Å². The Kier molecular flexibility index (Phi) is 3.96. The predicted molar refractivity (Wildman–Crippen MR) is 46.9 cm³/mol. The Labute approximate surface area is 72.7 Å². The first-order valence-electron chi connectivity index (χ1n) is 3.92. The fraction of sp³-hybridized carbons (Fsp3) is 0.667. The lowest BCUT2D eigenvalue weighted by atomic mass is 9.94. The summed E-state index contributed by atoms with van der Waals surface area (Å²) in [7, 11) is 0. The second-order valence-corrected chi connectivity index (χ2v) is 3.52. The van der Waals surface area contributed by atoms with Crippen molar-refractivity contribution < 1.29 is 15.0 Å². The van der Waals surface area contributed by atoms with E-state index in [0.717, 1.165) is 5.57 Å². The standard InChI is InChI=1S/C9H16O3/c1-7(2)4-5-9(3,12)6-8(10)11/h12H,1,4-6H2,2-3H3,(H,10,11). The van der Waals surface area contributed by atoms with Crippen molar-refractivity contribution in [2.45, 2.75) is 38.7 Å². The number of rotatable bonds is 5. The van der Waals surface area contributed by atoms with Gasteiger partial charge in [-0.3, -0.25) is 4.79 Å². The van der Waals surface area contributed by atoms with Gasteiger partial charge in [0.05, 0.1) is 12.0 Å². The fourth-order valence-electron chi connectivity index (χ4n) is 0.897. The molecule has 0 amide bonds. The summed E-state index contributed by atoms with van der Waals surface area (Å²) < 4.78 is 0. The third-order valence-corrected chi connectivity index (χ3v) is 1.62. The molecule has 0 aliphatic carbocycles. The minimum absolute atomic E-state index is 0.208. The lowest BCUT2D eigenvalue weighted by Crippen LogP contribution is -2.27. The van der Waals surface area contributed by atoms with Crippen LogP contribution in [0.1, 0.15) is 33.1 Å². The molecule has 1 atom stereocenters. The summed E-state index contributed by atoms with van der Waals surface area (Å²) in [5.74, 6) is -0.971. The maximum absolute atomic E-state index is 10.3. The average molecular weight is 172 g/mol. The van der Waals surface area contributed by atoms with E-state index in [9.17, 15) is 9.90 Å². The first-order valence-corrected chi connectivity index (χ1v) is 3.92. The lowest BCUT2D eigenvalue weighted by molar-refractivity contribution is -0.142. The molecule has 0 fully saturated rings. The van der Waals surface area contributed by atoms with E-state index >= 15 is 0 Å². The zero-order valence-electron chi connectivity index (χ0n) is 7.63. The van der Waals surface area contributed by atoms with Gasteiger partial charge in [0.15, 0.2) is 0 Å². The van der Waals surface area contributed by atoms with Gasteiger partial charge in [0.25, 0.3) is 0 Å². The van der Waals surface area contributed by atoms with Crippen molar-refractivity contribution in [2.24, 2.45) is 0 Å². The Morgan fingerprint density at radius 3 is 2.42 bits per heavy atom. The van der Waals surface area contributed by atoms with Crippen LogP contribution in [0, 0.1) is 0 Å². The Morgan fingerprint density at radius 1 is 1.58 bits per heavy atom. The van der Waals surface area contributed by atoms with E-state index in [-0.39, 0.29) is 6.42 Å². The highest BCUT2D eigenvalue weighted by molar-refractivity contribution is 5.67. The van der Waals surface area contributed by atoms with Gasteiger partial charge in [-0.05, 0) is 26.7 Å². The third-order valence-electron chi connectivity index (χ3n) is 1.62. The zero-order valence-corrected chi connectivity index (χ0v) is 7.63. The van der Waals surface area contributed by atoms with Crippen LogP contribution in [-0.2, 0) is 4.79 Å². The highest BCUT2D eigenvalue weighted by Gasteiger charge is 2.23. The molecule has 12 heavy (non-hydrogen) atoms. The molecular formula is C9H16O3. The van der Waals surface area contributed by atoms with Gasteiger partial charge in [-0.15, -0.1) is 6.58 Å². The van der Waals surface area contributed by atoms with Crippen molar-refractivity contribution in [1.82, 2.24) is 0 Å². The summed E-state index contributed by atoms with van der Waals surface area (Å²) >= 11 is 0. The molecule has 0 saturated carbocycles. The van der Waals surface area contributed by atoms with E-state index < -0.39 is 11.6 Å². The molecule has 0 aliphatic heterocycles. The molecule has 0 spiro atoms. The Bertz CT molecular complexity index is 182. The Balaban J connectivity index is 3.86. The number of carboxylic acids is 1. The summed E-state index contributed by atoms with van der Waals surface area (Å²) in [4.78, 5) is 10.3. The maximum Gasteiger partial charge on any atom is 0.306 e. The van der Waals surface area contributed by atoms with E-state index in [4.69, 9.17) is 5.11 Å². The van der Waals surface area contributed by atoms with Crippen LogP contribution in [-0.4, -0.2) is 21.8 Å². The first-order chi connectivity index (χ1) is 5.33. The minimum atomic E-state index is -1.11. The van der Waals surface area contributed by atoms with E-state index in [2.05, 4.69) is 6.58 Å². The van der Waals surface area contributed by atoms with Crippen molar-refractivity contribution in [1.29, 1.82) is 0 Å². The van der Waals surface area contributed by atoms with Crippen molar-refractivity contribution >= 4 is 5.97 Å². The van der Waals surface area contributed by atoms with Gasteiger partial charge in [0.1, 0.15) is 0 Å². The van der Waals surface area contributed by atoms with Crippen molar-refractivity contribution in [3.63, 3.8) is 0 Å². The summed E-state index contributed by atoms with van der Waals surface area (Å²) in [5.41, 5.74) is -0.147. The van der Waals surface area contributed by atoms with Crippen LogP contribution in [0.25, 0.3) is 0 Å². The molecule has 0 aliphatic rings. The molecule has 2 N–H and O–H groups in total. The predicted octanol–water partition coefficient (Wildman–Crippen LogP) is 1.57. The third kappa shape index (κ3) is 5.92. The molecule has 0 heterocycles. The van der Waals surface area contributed by atoms with Crippen LogP contribution in [0.4, 0.5) is 0 Å². The molecule has 3 nitrogen and oxygen atoms in total. The molecule has 0 aromatic carbocycles. The lowest BCUT2D eigenvalue weighted by Gasteiger charge is -2.20. The highest BCUT2D eigenvalue weighted by atomic mass is 16.4. The van der Waals surface area contributed by atoms with Gasteiger partial charge < -0.3 is 10.2 Å². The topological polar surface area (TPSA) is 57.5 Å². The SMILES string of the molecule is C=C(C)CCC(C)(O)CC(=O)O. The number of carboxylic acid groups (broad SMARTS) is 1. The van der Waals surface area contributed by atoms with Crippen LogP contribution < -0.4 is 0 Å². The van der Waals surface area contributed by atoms with E-state index in [0.29, 0.717) is 12.8 Å². The Hall–Kier alpha value is -0.830. The summed E-state index contributed by atoms with van der Waals surface area (Å²) in [6.45, 7) is 7.07. The molecular weight excluding hydrogens is 156 g/mol. The number of allylic oxidation sites excluding steroid dienone is 1. The molecule has 0 rings (SSSR count). The Morgan fingerprint density at radius 2 is 2.08 bits per heavy atom. The van der Waals surface area contributed by atoms with Crippen molar-refractivity contribution in [3.05, 3.63) is 12.2 Å². The number of hydrogen-bond acceptors (Lipinski definition) is 2. The highest BCUT2D eigenvalue weighted by Crippen LogP contribution is 2.18. The molecule has 3 heteroatoms. The van der Waals surface area contributed by atoms with Crippen LogP contribution in [0.15, 0.2) is 12.2 Å². The second-order valence-electron chi connectivity index (χ2n) is 3.52. The van der Waals surface area contributed by atoms with Gasteiger partial charge in [-0.25, -0.2) is 0 Å². The van der Waals surface area contributed by atoms with Crippen LogP contribution in [0.3, 0.4) is 0 Å². The average Bonchev–Trinajstić information content (AvgIpc) is 1.81. The number of aliphatic carboxylic acids is 1. The minimum Gasteiger partial charge on any atom is -0.481 e. The molecule has 0 bridgehead atoms. The second kappa shape index (κ2) is 4.26. The summed E-state index contributed by atoms with van der Waals surface area (Å²) in [5, 5.41) is 17.9. The van der Waals surface area contributed by atoms with E-state index in [1.54, 1.807) is 0 Å². The van der Waals surface area contributed by atoms with Gasteiger partial charge in [0.2, 0.25) is 0 Å². The maximum atomic E-state index is 10.3. The molecule has 1 unspecified atom stereocenters. The van der Waals surface area contributed by atoms with Gasteiger partial charge in [-0.2, -0.15) is 0 Å². The molecule has 0 aromatic rings. The first kappa shape index (κ1) is 11.2. The normalized spacial score (nSPS) is 15.2. The molecule has 0 aromatic heterocycles. The van der Waals surface area contributed by atoms with Crippen molar-refractivity contribution in [2.75, 3.05) is 0 Å². The zero-order chi connectivity index (χ0) is 9.78. The van der Waals surface area contributed by atoms with Crippen LogP contribution in [0.2, 0.25) is 0 Å². The smallest absolute Gasteiger partial charge is 0.306 e. The largest absolute Gasteiger partial charge is 0.481 e. The van der Waals surface area contributed by atoms with Gasteiger partial charge in [0, 0.05) is 0 Å². The van der Waals surface area contributed by atoms with Crippen molar-refractivity contribution in [3.8, 4) is 0 Å². The van der Waals surface area contributed by atoms with Gasteiger partial charge in [-0.1, -0.05) is 5.57 Å². The molecule has 0 radical (unpaired) electrons. The number of aliphatic hydroxyl groups is 1. The van der Waals surface area contributed by atoms with Crippen LogP contribution in [0.5, 0.6) is 0 Å². The summed E-state index contributed by atoms with van der Waals surface area (Å²) in [6, 6.07) is 0. The van der Waals surface area contributed by atoms with E-state index in [1.807, 2.05) is 6.92 Å². The molecule has 0 saturated heterocycles. The van der Waals surface area contributed by atoms with Crippen LogP contribution >= 0.6 is 0 Å². The fourth-order valence-corrected chi connectivity index (χ4v) is 0.897. The number of hydrogen-bond donors (Lipinski definition) is 2. The quantitative estimate of drug-likeness (QED) is 0.619. The van der Waals surface area contributed by atoms with Gasteiger partial charge >= 0.3 is 5.97 Å². The molecule has 70 valence electrons.